The third kappa shape index (κ3) is 4.72. The zero-order valence-electron chi connectivity index (χ0n) is 19.1. The molecule has 9 heteroatoms. The van der Waals surface area contributed by atoms with E-state index in [0.29, 0.717) is 44.1 Å². The van der Waals surface area contributed by atoms with Crippen LogP contribution in [0, 0.1) is 5.92 Å². The van der Waals surface area contributed by atoms with Crippen LogP contribution in [0.4, 0.5) is 0 Å². The third-order valence-corrected chi connectivity index (χ3v) is 6.66. The first-order valence-electron chi connectivity index (χ1n) is 11.5. The predicted octanol–water partition coefficient (Wildman–Crippen LogP) is 0.752. The minimum Gasteiger partial charge on any atom is -0.475 e. The molecule has 3 aliphatic rings. The van der Waals surface area contributed by atoms with Gasteiger partial charge in [-0.05, 0) is 37.4 Å². The van der Waals surface area contributed by atoms with Gasteiger partial charge in [0.05, 0.1) is 12.1 Å². The van der Waals surface area contributed by atoms with Crippen LogP contribution >= 0.6 is 0 Å². The number of nitrogens with zero attached hydrogens (tertiary/aromatic N) is 4. The molecule has 2 saturated heterocycles. The zero-order chi connectivity index (χ0) is 22.8. The largest absolute Gasteiger partial charge is 0.475 e. The normalized spacial score (nSPS) is 26.6. The summed E-state index contributed by atoms with van der Waals surface area (Å²) in [6, 6.07) is 2.74. The summed E-state index contributed by atoms with van der Waals surface area (Å²) in [6.07, 6.45) is 3.16. The summed E-state index contributed by atoms with van der Waals surface area (Å²) < 4.78 is 5.96. The predicted molar refractivity (Wildman–Crippen MR) is 118 cm³/mol. The lowest BCUT2D eigenvalue weighted by atomic mass is 10.1. The van der Waals surface area contributed by atoms with Crippen LogP contribution in [0.15, 0.2) is 18.3 Å². The Bertz CT molecular complexity index is 876. The lowest BCUT2D eigenvalue weighted by Crippen LogP contribution is -2.61. The molecule has 3 atom stereocenters. The molecule has 0 aromatic carbocycles. The Morgan fingerprint density at radius 2 is 2.09 bits per heavy atom. The SMILES string of the molecule is CC(=O)N1CCN2C(=O)[C@@H]3C[C@H](CN3CCC(C)C)NC(=O)c3cccnc3OC[C@@H]2C1. The average molecular weight is 444 g/mol. The molecule has 3 aliphatic heterocycles. The van der Waals surface area contributed by atoms with Gasteiger partial charge in [0, 0.05) is 45.3 Å². The first-order chi connectivity index (χ1) is 15.3. The van der Waals surface area contributed by atoms with Gasteiger partial charge in [0.15, 0.2) is 0 Å². The van der Waals surface area contributed by atoms with Gasteiger partial charge in [-0.25, -0.2) is 4.98 Å². The molecule has 0 unspecified atom stereocenters. The minimum atomic E-state index is -0.288. The number of piperazine rings is 1. The second-order valence-electron chi connectivity index (χ2n) is 9.42. The molecule has 2 bridgehead atoms. The van der Waals surface area contributed by atoms with Crippen molar-refractivity contribution in [2.24, 2.45) is 5.92 Å². The van der Waals surface area contributed by atoms with E-state index in [2.05, 4.69) is 29.0 Å². The van der Waals surface area contributed by atoms with Crippen molar-refractivity contribution in [1.29, 1.82) is 0 Å². The van der Waals surface area contributed by atoms with E-state index in [4.69, 9.17) is 4.74 Å². The number of carbonyl (C=O) groups is 3. The fourth-order valence-corrected chi connectivity index (χ4v) is 4.82. The molecule has 0 saturated carbocycles. The van der Waals surface area contributed by atoms with Crippen molar-refractivity contribution in [3.63, 3.8) is 0 Å². The van der Waals surface area contributed by atoms with Crippen molar-refractivity contribution in [2.75, 3.05) is 39.3 Å². The first kappa shape index (κ1) is 22.5. The lowest BCUT2D eigenvalue weighted by molar-refractivity contribution is -0.146. The number of ether oxygens (including phenoxy) is 1. The van der Waals surface area contributed by atoms with E-state index in [1.54, 1.807) is 30.2 Å². The van der Waals surface area contributed by atoms with Gasteiger partial charge in [0.25, 0.3) is 5.91 Å². The maximum absolute atomic E-state index is 13.7. The Kier molecular flexibility index (Phi) is 6.64. The van der Waals surface area contributed by atoms with E-state index in [-0.39, 0.29) is 48.3 Å². The van der Waals surface area contributed by atoms with Crippen LogP contribution < -0.4 is 10.1 Å². The molecule has 1 aromatic heterocycles. The van der Waals surface area contributed by atoms with Gasteiger partial charge >= 0.3 is 0 Å². The molecule has 174 valence electrons. The highest BCUT2D eigenvalue weighted by Crippen LogP contribution is 2.26. The van der Waals surface area contributed by atoms with E-state index in [9.17, 15) is 14.4 Å². The van der Waals surface area contributed by atoms with Crippen molar-refractivity contribution >= 4 is 17.7 Å². The van der Waals surface area contributed by atoms with E-state index in [1.165, 1.54) is 0 Å². The van der Waals surface area contributed by atoms with Crippen LogP contribution in [0.5, 0.6) is 5.88 Å². The molecule has 1 N–H and O–H groups in total. The summed E-state index contributed by atoms with van der Waals surface area (Å²) in [7, 11) is 0. The van der Waals surface area contributed by atoms with Crippen LogP contribution in [0.1, 0.15) is 44.0 Å². The van der Waals surface area contributed by atoms with Crippen molar-refractivity contribution in [1.82, 2.24) is 25.0 Å². The molecule has 4 rings (SSSR count). The van der Waals surface area contributed by atoms with E-state index >= 15 is 0 Å². The molecule has 0 spiro atoms. The summed E-state index contributed by atoms with van der Waals surface area (Å²) in [6.45, 7) is 8.94. The topological polar surface area (TPSA) is 95.1 Å². The Labute approximate surface area is 189 Å². The summed E-state index contributed by atoms with van der Waals surface area (Å²) in [5, 5.41) is 3.09. The molecule has 2 fully saturated rings. The fraction of sp³-hybridized carbons (Fsp3) is 0.652. The van der Waals surface area contributed by atoms with E-state index in [0.717, 1.165) is 13.0 Å². The molecule has 3 amide bonds. The highest BCUT2D eigenvalue weighted by atomic mass is 16.5. The lowest BCUT2D eigenvalue weighted by Gasteiger charge is -2.42. The van der Waals surface area contributed by atoms with Gasteiger partial charge in [-0.3, -0.25) is 19.3 Å². The number of hydrogen-bond acceptors (Lipinski definition) is 6. The number of fused-ring (bicyclic) bond motifs is 4. The molecule has 4 heterocycles. The van der Waals surface area contributed by atoms with Crippen LogP contribution in [-0.2, 0) is 9.59 Å². The number of aromatic nitrogens is 1. The third-order valence-electron chi connectivity index (χ3n) is 6.66. The minimum absolute atomic E-state index is 0.0133. The number of nitrogens with one attached hydrogen (secondary N) is 1. The van der Waals surface area contributed by atoms with Crippen LogP contribution in [0.25, 0.3) is 0 Å². The fourth-order valence-electron chi connectivity index (χ4n) is 4.82. The van der Waals surface area contributed by atoms with Crippen molar-refractivity contribution < 1.29 is 19.1 Å². The second kappa shape index (κ2) is 9.44. The average Bonchev–Trinajstić information content (AvgIpc) is 3.17. The Morgan fingerprint density at radius 3 is 2.84 bits per heavy atom. The number of rotatable bonds is 3. The second-order valence-corrected chi connectivity index (χ2v) is 9.42. The Hall–Kier alpha value is -2.68. The number of pyridine rings is 1. The van der Waals surface area contributed by atoms with Gasteiger partial charge in [-0.2, -0.15) is 0 Å². The molecule has 32 heavy (non-hydrogen) atoms. The van der Waals surface area contributed by atoms with Crippen LogP contribution in [0.2, 0.25) is 0 Å². The molecule has 0 radical (unpaired) electrons. The summed E-state index contributed by atoms with van der Waals surface area (Å²) >= 11 is 0. The number of carbonyl (C=O) groups excluding carboxylic acids is 3. The van der Waals surface area contributed by atoms with Crippen LogP contribution in [-0.4, -0.2) is 94.9 Å². The zero-order valence-corrected chi connectivity index (χ0v) is 19.1. The Balaban J connectivity index is 1.66. The van der Waals surface area contributed by atoms with Crippen LogP contribution in [0.3, 0.4) is 0 Å². The molecular weight excluding hydrogens is 410 g/mol. The molecule has 1 aromatic rings. The number of likely N-dealkylation sites (tertiary alicyclic amines) is 1. The summed E-state index contributed by atoms with van der Waals surface area (Å²) in [4.78, 5) is 48.8. The smallest absolute Gasteiger partial charge is 0.257 e. The standard InChI is InChI=1S/C23H33N5O4/c1-15(2)6-8-27-12-17-11-20(27)23(31)28-10-9-26(16(3)29)13-18(28)14-32-22-19(21(30)25-17)5-4-7-24-22/h4-5,7,15,17-18,20H,6,8-14H2,1-3H3,(H,25,30)/t17-,18+,20+/m1/s1. The first-order valence-corrected chi connectivity index (χ1v) is 11.5. The summed E-state index contributed by atoms with van der Waals surface area (Å²) in [5.41, 5.74) is 0.391. The van der Waals surface area contributed by atoms with E-state index < -0.39 is 0 Å². The van der Waals surface area contributed by atoms with Gasteiger partial charge in [-0.1, -0.05) is 13.8 Å². The highest BCUT2D eigenvalue weighted by molar-refractivity contribution is 5.96. The van der Waals surface area contributed by atoms with Gasteiger partial charge < -0.3 is 19.9 Å². The van der Waals surface area contributed by atoms with Crippen molar-refractivity contribution in [3.8, 4) is 5.88 Å². The quantitative estimate of drug-likeness (QED) is 0.741. The summed E-state index contributed by atoms with van der Waals surface area (Å²) in [5.74, 6) is 0.593. The number of amides is 3. The maximum Gasteiger partial charge on any atom is 0.257 e. The maximum atomic E-state index is 13.7. The van der Waals surface area contributed by atoms with Gasteiger partial charge in [0.2, 0.25) is 17.7 Å². The monoisotopic (exact) mass is 443 g/mol. The molecule has 9 nitrogen and oxygen atoms in total. The van der Waals surface area contributed by atoms with E-state index in [1.807, 2.05) is 4.90 Å². The van der Waals surface area contributed by atoms with Gasteiger partial charge in [-0.15, -0.1) is 0 Å². The van der Waals surface area contributed by atoms with Crippen molar-refractivity contribution in [2.45, 2.75) is 51.7 Å². The van der Waals surface area contributed by atoms with Gasteiger partial charge in [0.1, 0.15) is 12.2 Å². The van der Waals surface area contributed by atoms with Crippen molar-refractivity contribution in [3.05, 3.63) is 23.9 Å². The highest BCUT2D eigenvalue weighted by Gasteiger charge is 2.43. The Morgan fingerprint density at radius 1 is 1.28 bits per heavy atom. The molecule has 0 aliphatic carbocycles. The molecular formula is C23H33N5O4. The number of hydrogen-bond donors (Lipinski definition) is 1.